The zero-order valence-electron chi connectivity index (χ0n) is 7.01. The number of nitrogens with two attached hydrogens (primary N) is 1. The van der Waals surface area contributed by atoms with Crippen molar-refractivity contribution in [2.24, 2.45) is 0 Å². The summed E-state index contributed by atoms with van der Waals surface area (Å²) in [5.41, 5.74) is 4.64. The number of aromatic nitrogens is 1. The molecule has 0 spiro atoms. The van der Waals surface area contributed by atoms with Gasteiger partial charge in [0, 0.05) is 6.20 Å². The van der Waals surface area contributed by atoms with Crippen molar-refractivity contribution in [3.63, 3.8) is 0 Å². The lowest BCUT2D eigenvalue weighted by atomic mass is 10.3. The Labute approximate surface area is 86.8 Å². The van der Waals surface area contributed by atoms with Crippen LogP contribution in [0.2, 0.25) is 0 Å². The van der Waals surface area contributed by atoms with E-state index in [1.165, 1.54) is 0 Å². The standard InChI is InChI=1S/C7H4ClF3N2O2/c8-5(14)3-1-4(12)6(13-2-3)15-7(9,10)11/h1-2H,12H2. The lowest BCUT2D eigenvalue weighted by Gasteiger charge is -2.09. The third-order valence-electron chi connectivity index (χ3n) is 1.32. The maximum absolute atomic E-state index is 11.8. The highest BCUT2D eigenvalue weighted by Crippen LogP contribution is 2.26. The van der Waals surface area contributed by atoms with Crippen LogP contribution in [0.1, 0.15) is 10.4 Å². The Kier molecular flexibility index (Phi) is 3.04. The van der Waals surface area contributed by atoms with Crippen molar-refractivity contribution in [3.05, 3.63) is 17.8 Å². The molecule has 1 rings (SSSR count). The first-order chi connectivity index (χ1) is 6.79. The Balaban J connectivity index is 2.99. The van der Waals surface area contributed by atoms with E-state index in [-0.39, 0.29) is 5.56 Å². The van der Waals surface area contributed by atoms with E-state index < -0.39 is 23.2 Å². The van der Waals surface area contributed by atoms with Crippen molar-refractivity contribution >= 4 is 22.5 Å². The molecule has 8 heteroatoms. The number of carbonyl (C=O) groups excluding carboxylic acids is 1. The maximum atomic E-state index is 11.8. The van der Waals surface area contributed by atoms with E-state index in [9.17, 15) is 18.0 Å². The number of pyridine rings is 1. The van der Waals surface area contributed by atoms with Gasteiger partial charge in [-0.25, -0.2) is 4.98 Å². The predicted molar refractivity (Wildman–Crippen MR) is 45.5 cm³/mol. The molecular weight excluding hydrogens is 237 g/mol. The monoisotopic (exact) mass is 240 g/mol. The van der Waals surface area contributed by atoms with Crippen LogP contribution >= 0.6 is 11.6 Å². The van der Waals surface area contributed by atoms with Gasteiger partial charge < -0.3 is 10.5 Å². The minimum absolute atomic E-state index is 0.108. The molecule has 0 aliphatic rings. The van der Waals surface area contributed by atoms with Crippen molar-refractivity contribution in [1.82, 2.24) is 4.98 Å². The van der Waals surface area contributed by atoms with Crippen LogP contribution in [0.25, 0.3) is 0 Å². The summed E-state index contributed by atoms with van der Waals surface area (Å²) in [4.78, 5) is 13.8. The molecule has 1 aromatic rings. The van der Waals surface area contributed by atoms with Gasteiger partial charge in [-0.05, 0) is 17.7 Å². The minimum atomic E-state index is -4.88. The third-order valence-corrected chi connectivity index (χ3v) is 1.54. The molecule has 0 saturated carbocycles. The average molecular weight is 241 g/mol. The second-order valence-electron chi connectivity index (χ2n) is 2.44. The van der Waals surface area contributed by atoms with Crippen molar-refractivity contribution in [2.75, 3.05) is 5.73 Å². The van der Waals surface area contributed by atoms with E-state index in [0.717, 1.165) is 12.3 Å². The number of nitrogens with zero attached hydrogens (tertiary/aromatic N) is 1. The highest BCUT2D eigenvalue weighted by molar-refractivity contribution is 6.67. The van der Waals surface area contributed by atoms with Crippen molar-refractivity contribution in [3.8, 4) is 5.88 Å². The summed E-state index contributed by atoms with van der Waals surface area (Å²) in [5, 5.41) is -0.868. The summed E-state index contributed by atoms with van der Waals surface area (Å²) in [6, 6.07) is 0.948. The highest BCUT2D eigenvalue weighted by atomic mass is 35.5. The Bertz CT molecular complexity index is 394. The van der Waals surface area contributed by atoms with Gasteiger partial charge in [-0.2, -0.15) is 0 Å². The van der Waals surface area contributed by atoms with Crippen LogP contribution in [0.15, 0.2) is 12.3 Å². The molecule has 0 radical (unpaired) electrons. The lowest BCUT2D eigenvalue weighted by Crippen LogP contribution is -2.19. The molecule has 82 valence electrons. The van der Waals surface area contributed by atoms with Crippen molar-refractivity contribution in [2.45, 2.75) is 6.36 Å². The molecule has 0 fully saturated rings. The van der Waals surface area contributed by atoms with Gasteiger partial charge in [0.25, 0.3) is 5.24 Å². The largest absolute Gasteiger partial charge is 0.574 e. The Morgan fingerprint density at radius 3 is 2.53 bits per heavy atom. The molecular formula is C7H4ClF3N2O2. The van der Waals surface area contributed by atoms with Crippen LogP contribution < -0.4 is 10.5 Å². The number of alkyl halides is 3. The van der Waals surface area contributed by atoms with Gasteiger partial charge in [0.2, 0.25) is 5.88 Å². The molecule has 0 aliphatic heterocycles. The molecule has 2 N–H and O–H groups in total. The van der Waals surface area contributed by atoms with Crippen LogP contribution in [0, 0.1) is 0 Å². The van der Waals surface area contributed by atoms with E-state index in [4.69, 9.17) is 17.3 Å². The first kappa shape index (κ1) is 11.6. The van der Waals surface area contributed by atoms with Gasteiger partial charge >= 0.3 is 6.36 Å². The fraction of sp³-hybridized carbons (Fsp3) is 0.143. The molecule has 1 aromatic heterocycles. The molecule has 0 aromatic carbocycles. The lowest BCUT2D eigenvalue weighted by molar-refractivity contribution is -0.275. The van der Waals surface area contributed by atoms with E-state index in [1.807, 2.05) is 0 Å². The first-order valence-corrected chi connectivity index (χ1v) is 3.88. The number of hydrogen-bond acceptors (Lipinski definition) is 4. The quantitative estimate of drug-likeness (QED) is 0.803. The SMILES string of the molecule is Nc1cc(C(=O)Cl)cnc1OC(F)(F)F. The molecule has 0 saturated heterocycles. The molecule has 15 heavy (non-hydrogen) atoms. The fourth-order valence-electron chi connectivity index (χ4n) is 0.772. The highest BCUT2D eigenvalue weighted by Gasteiger charge is 2.32. The zero-order valence-corrected chi connectivity index (χ0v) is 7.76. The van der Waals surface area contributed by atoms with Gasteiger partial charge in [0.1, 0.15) is 0 Å². The second-order valence-corrected chi connectivity index (χ2v) is 2.78. The van der Waals surface area contributed by atoms with E-state index >= 15 is 0 Å². The summed E-state index contributed by atoms with van der Waals surface area (Å²) >= 11 is 5.06. The normalized spacial score (nSPS) is 11.2. The van der Waals surface area contributed by atoms with Crippen LogP contribution in [-0.2, 0) is 0 Å². The van der Waals surface area contributed by atoms with Gasteiger partial charge in [0.05, 0.1) is 11.3 Å². The number of halogens is 4. The molecule has 0 aliphatic carbocycles. The predicted octanol–water partition coefficient (Wildman–Crippen LogP) is 1.94. The van der Waals surface area contributed by atoms with Crippen LogP contribution in [0.5, 0.6) is 5.88 Å². The first-order valence-electron chi connectivity index (χ1n) is 3.50. The Morgan fingerprint density at radius 1 is 1.53 bits per heavy atom. The number of anilines is 1. The average Bonchev–Trinajstić information content (AvgIpc) is 2.05. The molecule has 0 unspecified atom stereocenters. The number of rotatable bonds is 2. The molecule has 0 amide bonds. The van der Waals surface area contributed by atoms with E-state index in [2.05, 4.69) is 9.72 Å². The number of carbonyl (C=O) groups is 1. The number of ether oxygens (including phenoxy) is 1. The topological polar surface area (TPSA) is 65.2 Å². The maximum Gasteiger partial charge on any atom is 0.574 e. The molecule has 4 nitrogen and oxygen atoms in total. The molecule has 0 bridgehead atoms. The Hall–Kier alpha value is -1.50. The third kappa shape index (κ3) is 3.28. The van der Waals surface area contributed by atoms with Crippen molar-refractivity contribution < 1.29 is 22.7 Å². The summed E-state index contributed by atoms with van der Waals surface area (Å²) in [5.74, 6) is -0.816. The van der Waals surface area contributed by atoms with Crippen molar-refractivity contribution in [1.29, 1.82) is 0 Å². The summed E-state index contributed by atoms with van der Waals surface area (Å²) in [6.07, 6.45) is -4.04. The van der Waals surface area contributed by atoms with Crippen LogP contribution in [0.3, 0.4) is 0 Å². The fourth-order valence-corrected chi connectivity index (χ4v) is 0.875. The van der Waals surface area contributed by atoms with E-state index in [1.54, 1.807) is 0 Å². The van der Waals surface area contributed by atoms with Gasteiger partial charge in [0.15, 0.2) is 0 Å². The smallest absolute Gasteiger partial charge is 0.394 e. The zero-order chi connectivity index (χ0) is 11.6. The van der Waals surface area contributed by atoms with Gasteiger partial charge in [-0.15, -0.1) is 13.2 Å². The molecule has 0 atom stereocenters. The summed E-state index contributed by atoms with van der Waals surface area (Å²) in [7, 11) is 0. The summed E-state index contributed by atoms with van der Waals surface area (Å²) < 4.78 is 38.8. The van der Waals surface area contributed by atoms with Crippen LogP contribution in [-0.4, -0.2) is 16.6 Å². The van der Waals surface area contributed by atoms with Gasteiger partial charge in [-0.3, -0.25) is 4.79 Å². The number of nitrogen functional groups attached to an aromatic ring is 1. The molecule has 1 heterocycles. The van der Waals surface area contributed by atoms with E-state index in [0.29, 0.717) is 0 Å². The number of hydrogen-bond donors (Lipinski definition) is 1. The minimum Gasteiger partial charge on any atom is -0.394 e. The summed E-state index contributed by atoms with van der Waals surface area (Å²) in [6.45, 7) is 0. The van der Waals surface area contributed by atoms with Crippen LogP contribution in [0.4, 0.5) is 18.9 Å². The Morgan fingerprint density at radius 2 is 2.13 bits per heavy atom. The van der Waals surface area contributed by atoms with Gasteiger partial charge in [-0.1, -0.05) is 0 Å². The second kappa shape index (κ2) is 3.93.